The fourth-order valence-corrected chi connectivity index (χ4v) is 1.85. The highest BCUT2D eigenvalue weighted by molar-refractivity contribution is 7.86. The van der Waals surface area contributed by atoms with Crippen molar-refractivity contribution >= 4 is 22.6 Å². The summed E-state index contributed by atoms with van der Waals surface area (Å²) in [6.45, 7) is -0.152. The van der Waals surface area contributed by atoms with E-state index in [-0.39, 0.29) is 25.2 Å². The minimum absolute atomic E-state index is 0.136. The van der Waals surface area contributed by atoms with E-state index in [9.17, 15) is 18.0 Å². The molecule has 1 aromatic rings. The summed E-state index contributed by atoms with van der Waals surface area (Å²) in [6, 6.07) is 5.06. The van der Waals surface area contributed by atoms with Crippen molar-refractivity contribution in [3.63, 3.8) is 0 Å². The summed E-state index contributed by atoms with van der Waals surface area (Å²) >= 11 is 0. The molecule has 0 aliphatic heterocycles. The van der Waals surface area contributed by atoms with E-state index in [1.165, 1.54) is 18.2 Å². The highest BCUT2D eigenvalue weighted by Crippen LogP contribution is 2.15. The molecule has 0 saturated heterocycles. The summed E-state index contributed by atoms with van der Waals surface area (Å²) in [5, 5.41) is 0. The van der Waals surface area contributed by atoms with Crippen LogP contribution in [0.5, 0.6) is 0 Å². The molecule has 0 saturated carbocycles. The first kappa shape index (κ1) is 14.1. The Bertz CT molecular complexity index is 535. The number of hydrogen-bond acceptors (Lipinski definition) is 6. The van der Waals surface area contributed by atoms with Gasteiger partial charge in [-0.2, -0.15) is 8.42 Å². The quantitative estimate of drug-likeness (QED) is 0.343. The van der Waals surface area contributed by atoms with Crippen molar-refractivity contribution in [1.29, 1.82) is 0 Å². The van der Waals surface area contributed by atoms with E-state index in [4.69, 9.17) is 4.55 Å². The summed E-state index contributed by atoms with van der Waals surface area (Å²) in [7, 11) is -4.50. The van der Waals surface area contributed by atoms with Crippen LogP contribution in [-0.4, -0.2) is 38.6 Å². The zero-order valence-corrected chi connectivity index (χ0v) is 9.92. The van der Waals surface area contributed by atoms with E-state index in [0.717, 1.165) is 6.07 Å². The lowest BCUT2D eigenvalue weighted by Crippen LogP contribution is -2.14. The normalized spacial score (nSPS) is 10.7. The van der Waals surface area contributed by atoms with Crippen molar-refractivity contribution in [2.24, 2.45) is 0 Å². The van der Waals surface area contributed by atoms with Crippen LogP contribution >= 0.6 is 0 Å². The van der Waals surface area contributed by atoms with Crippen molar-refractivity contribution < 1.29 is 32.0 Å². The summed E-state index contributed by atoms with van der Waals surface area (Å²) in [5.41, 5.74) is -0.286. The van der Waals surface area contributed by atoms with Gasteiger partial charge in [0.1, 0.15) is 18.1 Å². The first-order valence-corrected chi connectivity index (χ1v) is 6.19. The van der Waals surface area contributed by atoms with E-state index in [2.05, 4.69) is 9.47 Å². The number of carbonyl (C=O) groups is 2. The van der Waals surface area contributed by atoms with Crippen LogP contribution in [0.25, 0.3) is 0 Å². The molecule has 0 aromatic heterocycles. The highest BCUT2D eigenvalue weighted by Gasteiger charge is 2.20. The van der Waals surface area contributed by atoms with Gasteiger partial charge in [0.05, 0.1) is 5.56 Å². The number of rotatable bonds is 6. The molecule has 1 rings (SSSR count). The Labute approximate surface area is 103 Å². The maximum Gasteiger partial charge on any atom is 0.339 e. The molecule has 0 heterocycles. The molecule has 0 radical (unpaired) electrons. The summed E-state index contributed by atoms with van der Waals surface area (Å²) < 4.78 is 39.9. The fourth-order valence-electron chi connectivity index (χ4n) is 1.17. The zero-order chi connectivity index (χ0) is 13.6. The number of carbonyl (C=O) groups excluding carboxylic acids is 2. The van der Waals surface area contributed by atoms with Crippen molar-refractivity contribution in [3.8, 4) is 0 Å². The Morgan fingerprint density at radius 3 is 2.56 bits per heavy atom. The maximum atomic E-state index is 11.5. The first-order valence-electron chi connectivity index (χ1n) is 4.75. The van der Waals surface area contributed by atoms with Gasteiger partial charge in [-0.15, -0.1) is 0 Å². The van der Waals surface area contributed by atoms with E-state index < -0.39 is 21.0 Å². The Morgan fingerprint density at radius 1 is 1.28 bits per heavy atom. The third kappa shape index (κ3) is 3.82. The van der Waals surface area contributed by atoms with Gasteiger partial charge in [-0.1, -0.05) is 12.1 Å². The predicted octanol–water partition coefficient (Wildman–Crippen LogP) is 0.263. The minimum Gasteiger partial charge on any atom is -0.464 e. The zero-order valence-electron chi connectivity index (χ0n) is 9.11. The number of ether oxygens (including phenoxy) is 2. The molecule has 0 aliphatic rings. The number of benzene rings is 1. The van der Waals surface area contributed by atoms with Crippen molar-refractivity contribution in [3.05, 3.63) is 29.8 Å². The minimum atomic E-state index is -4.50. The van der Waals surface area contributed by atoms with Gasteiger partial charge in [0, 0.05) is 0 Å². The summed E-state index contributed by atoms with van der Waals surface area (Å²) in [5.74, 6) is -0.933. The van der Waals surface area contributed by atoms with Crippen LogP contribution < -0.4 is 0 Å². The Balaban J connectivity index is 2.83. The van der Waals surface area contributed by atoms with Crippen LogP contribution in [0.15, 0.2) is 29.2 Å². The molecule has 0 atom stereocenters. The average molecular weight is 274 g/mol. The second-order valence-electron chi connectivity index (χ2n) is 3.07. The fraction of sp³-hybridized carbons (Fsp3) is 0.200. The van der Waals surface area contributed by atoms with Crippen LogP contribution in [0.3, 0.4) is 0 Å². The summed E-state index contributed by atoms with van der Waals surface area (Å²) in [4.78, 5) is 20.8. The molecule has 7 nitrogen and oxygen atoms in total. The second-order valence-corrected chi connectivity index (χ2v) is 4.46. The molecule has 0 bridgehead atoms. The van der Waals surface area contributed by atoms with E-state index in [1.807, 2.05) is 0 Å². The van der Waals surface area contributed by atoms with E-state index >= 15 is 0 Å². The molecule has 0 amide bonds. The molecule has 18 heavy (non-hydrogen) atoms. The third-order valence-electron chi connectivity index (χ3n) is 1.89. The Kier molecular flexibility index (Phi) is 4.81. The van der Waals surface area contributed by atoms with Crippen LogP contribution in [0, 0.1) is 0 Å². The lowest BCUT2D eigenvalue weighted by atomic mass is 10.2. The van der Waals surface area contributed by atoms with Crippen molar-refractivity contribution in [2.45, 2.75) is 4.90 Å². The van der Waals surface area contributed by atoms with Gasteiger partial charge in [-0.3, -0.25) is 9.35 Å². The second kappa shape index (κ2) is 6.12. The van der Waals surface area contributed by atoms with Gasteiger partial charge < -0.3 is 9.47 Å². The molecule has 1 aromatic carbocycles. The number of esters is 1. The molecule has 0 spiro atoms. The smallest absolute Gasteiger partial charge is 0.339 e. The molecular formula is C10H10O7S. The van der Waals surface area contributed by atoms with Crippen molar-refractivity contribution in [2.75, 3.05) is 13.2 Å². The molecule has 8 heteroatoms. The topological polar surface area (TPSA) is 107 Å². The molecule has 98 valence electrons. The monoisotopic (exact) mass is 274 g/mol. The van der Waals surface area contributed by atoms with Crippen LogP contribution in [0.1, 0.15) is 10.4 Å². The average Bonchev–Trinajstić information content (AvgIpc) is 2.33. The first-order chi connectivity index (χ1) is 8.46. The van der Waals surface area contributed by atoms with Gasteiger partial charge in [0.2, 0.25) is 0 Å². The Hall–Kier alpha value is -1.93. The van der Waals surface area contributed by atoms with Gasteiger partial charge in [0.25, 0.3) is 16.6 Å². The van der Waals surface area contributed by atoms with Gasteiger partial charge in [0.15, 0.2) is 0 Å². The standard InChI is InChI=1S/C10H10O7S/c11-7-16-5-6-17-10(12)8-3-1-2-4-9(8)18(13,14)15/h1-4,7H,5-6H2,(H,13,14,15). The summed E-state index contributed by atoms with van der Waals surface area (Å²) in [6.07, 6.45) is 0. The molecule has 0 aliphatic carbocycles. The SMILES string of the molecule is O=COCCOC(=O)c1ccccc1S(=O)(=O)O. The van der Waals surface area contributed by atoms with Gasteiger partial charge in [-0.25, -0.2) is 4.79 Å². The van der Waals surface area contributed by atoms with E-state index in [1.54, 1.807) is 0 Å². The highest BCUT2D eigenvalue weighted by atomic mass is 32.2. The van der Waals surface area contributed by atoms with Gasteiger partial charge in [-0.05, 0) is 12.1 Å². The van der Waals surface area contributed by atoms with E-state index in [0.29, 0.717) is 0 Å². The molecular weight excluding hydrogens is 264 g/mol. The molecule has 0 fully saturated rings. The molecule has 1 N–H and O–H groups in total. The lowest BCUT2D eigenvalue weighted by Gasteiger charge is -2.07. The lowest BCUT2D eigenvalue weighted by molar-refractivity contribution is -0.129. The predicted molar refractivity (Wildman–Crippen MR) is 58.6 cm³/mol. The van der Waals surface area contributed by atoms with Crippen molar-refractivity contribution in [1.82, 2.24) is 0 Å². The number of hydrogen-bond donors (Lipinski definition) is 1. The Morgan fingerprint density at radius 2 is 1.94 bits per heavy atom. The molecule has 0 unspecified atom stereocenters. The van der Waals surface area contributed by atoms with Crippen LogP contribution in [0.4, 0.5) is 0 Å². The maximum absolute atomic E-state index is 11.5. The largest absolute Gasteiger partial charge is 0.464 e. The van der Waals surface area contributed by atoms with Crippen LogP contribution in [0.2, 0.25) is 0 Å². The van der Waals surface area contributed by atoms with Gasteiger partial charge >= 0.3 is 5.97 Å². The van der Waals surface area contributed by atoms with Crippen LogP contribution in [-0.2, 0) is 24.4 Å². The third-order valence-corrected chi connectivity index (χ3v) is 2.80.